The maximum absolute atomic E-state index is 12.4. The Balaban J connectivity index is 0.000000960. The van der Waals surface area contributed by atoms with Crippen molar-refractivity contribution < 1.29 is 19.6 Å². The molecule has 0 saturated carbocycles. The second-order valence-electron chi connectivity index (χ2n) is 8.19. The summed E-state index contributed by atoms with van der Waals surface area (Å²) in [6.45, 7) is 10.2. The summed E-state index contributed by atoms with van der Waals surface area (Å²) in [6.07, 6.45) is 1.99. The number of benzene rings is 1. The monoisotopic (exact) mass is 403 g/mol. The Bertz CT molecular complexity index is 808. The lowest BCUT2D eigenvalue weighted by atomic mass is 9.93. The lowest BCUT2D eigenvalue weighted by Gasteiger charge is -2.17. The van der Waals surface area contributed by atoms with E-state index < -0.39 is 11.8 Å². The highest BCUT2D eigenvalue weighted by molar-refractivity contribution is 6.09. The van der Waals surface area contributed by atoms with E-state index in [1.165, 1.54) is 0 Å². The van der Waals surface area contributed by atoms with E-state index in [1.54, 1.807) is 11.7 Å². The van der Waals surface area contributed by atoms with Crippen LogP contribution in [0.4, 0.5) is 0 Å². The molecule has 7 heteroatoms. The normalized spacial score (nSPS) is 11.7. The van der Waals surface area contributed by atoms with Crippen molar-refractivity contribution >= 4 is 28.5 Å². The molecular weight excluding hydrogens is 370 g/mol. The van der Waals surface area contributed by atoms with Crippen molar-refractivity contribution in [2.45, 2.75) is 47.5 Å². The number of Topliss-reactive ketones (excluding diaryl/α,β-unsaturated/α-hetero) is 1. The zero-order chi connectivity index (χ0) is 22.0. The number of hydrogen-bond acceptors (Lipinski definition) is 4. The highest BCUT2D eigenvalue weighted by atomic mass is 16.5. The molecule has 160 valence electrons. The molecule has 2 amide bonds. The van der Waals surface area contributed by atoms with Gasteiger partial charge in [0, 0.05) is 35.0 Å². The van der Waals surface area contributed by atoms with E-state index in [2.05, 4.69) is 31.1 Å². The Morgan fingerprint density at radius 1 is 1.07 bits per heavy atom. The lowest BCUT2D eigenvalue weighted by Crippen LogP contribution is -2.37. The van der Waals surface area contributed by atoms with Gasteiger partial charge >= 0.3 is 0 Å². The van der Waals surface area contributed by atoms with Gasteiger partial charge in [0.25, 0.3) is 0 Å². The van der Waals surface area contributed by atoms with Crippen molar-refractivity contribution in [1.29, 1.82) is 0 Å². The minimum absolute atomic E-state index is 0.123. The third kappa shape index (κ3) is 8.48. The molecule has 0 fully saturated rings. The number of nitrogens with one attached hydrogen (secondary N) is 3. The van der Waals surface area contributed by atoms with Gasteiger partial charge in [0.1, 0.15) is 0 Å². The van der Waals surface area contributed by atoms with Crippen molar-refractivity contribution in [3.63, 3.8) is 0 Å². The van der Waals surface area contributed by atoms with Crippen LogP contribution in [0.25, 0.3) is 10.9 Å². The zero-order valence-electron chi connectivity index (χ0n) is 17.9. The van der Waals surface area contributed by atoms with Crippen molar-refractivity contribution in [2.75, 3.05) is 6.54 Å². The summed E-state index contributed by atoms with van der Waals surface area (Å²) < 4.78 is 0. The summed E-state index contributed by atoms with van der Waals surface area (Å²) in [5.74, 6) is -0.760. The fourth-order valence-corrected chi connectivity index (χ4v) is 2.83. The summed E-state index contributed by atoms with van der Waals surface area (Å²) in [7, 11) is 0. The van der Waals surface area contributed by atoms with Crippen LogP contribution in [-0.2, 0) is 9.59 Å². The molecule has 1 aromatic carbocycles. The van der Waals surface area contributed by atoms with Crippen LogP contribution in [0.5, 0.6) is 0 Å². The number of aromatic amines is 1. The molecule has 0 radical (unpaired) electrons. The Labute approximate surface area is 172 Å². The van der Waals surface area contributed by atoms with E-state index in [4.69, 9.17) is 5.21 Å². The van der Waals surface area contributed by atoms with E-state index in [1.807, 2.05) is 38.1 Å². The molecule has 0 aliphatic heterocycles. The zero-order valence-corrected chi connectivity index (χ0v) is 17.9. The number of hydrogen-bond donors (Lipinski definition) is 4. The molecule has 1 unspecified atom stereocenters. The summed E-state index contributed by atoms with van der Waals surface area (Å²) in [5, 5.41) is 12.1. The maximum Gasteiger partial charge on any atom is 0.244 e. The van der Waals surface area contributed by atoms with E-state index in [9.17, 15) is 14.4 Å². The van der Waals surface area contributed by atoms with Gasteiger partial charge in [-0.25, -0.2) is 5.48 Å². The Morgan fingerprint density at radius 3 is 2.28 bits per heavy atom. The molecular formula is C22H33N3O4. The highest BCUT2D eigenvalue weighted by Crippen LogP contribution is 2.18. The number of amides is 2. The van der Waals surface area contributed by atoms with Crippen molar-refractivity contribution in [3.8, 4) is 0 Å². The van der Waals surface area contributed by atoms with Crippen LogP contribution in [0.2, 0.25) is 0 Å². The Morgan fingerprint density at radius 2 is 1.69 bits per heavy atom. The van der Waals surface area contributed by atoms with Gasteiger partial charge in [-0.05, 0) is 24.3 Å². The standard InChI is InChI=1S/C18H23N3O4.C4H10/c1-11(2)7-12(8-17(23)21-25)18(24)20-10-16(22)14-9-19-15-6-4-3-5-13(14)15;1-4(2)3/h3-6,9,11-12,19,25H,7-8,10H2,1-2H3,(H,20,24)(H,21,23);4H,1-3H3. The van der Waals surface area contributed by atoms with E-state index in [-0.39, 0.29) is 30.6 Å². The highest BCUT2D eigenvalue weighted by Gasteiger charge is 2.23. The quantitative estimate of drug-likeness (QED) is 0.306. The molecule has 7 nitrogen and oxygen atoms in total. The van der Waals surface area contributed by atoms with Crippen LogP contribution in [-0.4, -0.2) is 34.3 Å². The first kappa shape index (κ1) is 24.4. The predicted molar refractivity (Wildman–Crippen MR) is 114 cm³/mol. The molecule has 29 heavy (non-hydrogen) atoms. The molecule has 1 aromatic heterocycles. The van der Waals surface area contributed by atoms with Crippen LogP contribution in [0, 0.1) is 17.8 Å². The molecule has 1 atom stereocenters. The number of carbonyl (C=O) groups is 3. The number of hydroxylamine groups is 1. The summed E-state index contributed by atoms with van der Waals surface area (Å²) >= 11 is 0. The summed E-state index contributed by atoms with van der Waals surface area (Å²) in [5.41, 5.74) is 2.91. The van der Waals surface area contributed by atoms with Gasteiger partial charge < -0.3 is 10.3 Å². The van der Waals surface area contributed by atoms with Gasteiger partial charge in [0.05, 0.1) is 6.54 Å². The molecule has 0 saturated heterocycles. The van der Waals surface area contributed by atoms with E-state index in [0.29, 0.717) is 12.0 Å². The maximum atomic E-state index is 12.4. The first-order valence-corrected chi connectivity index (χ1v) is 9.95. The van der Waals surface area contributed by atoms with Crippen molar-refractivity contribution in [1.82, 2.24) is 15.8 Å². The van der Waals surface area contributed by atoms with Crippen molar-refractivity contribution in [3.05, 3.63) is 36.0 Å². The first-order valence-electron chi connectivity index (χ1n) is 9.95. The molecule has 0 aliphatic rings. The van der Waals surface area contributed by atoms with Gasteiger partial charge in [-0.3, -0.25) is 19.6 Å². The van der Waals surface area contributed by atoms with E-state index >= 15 is 0 Å². The van der Waals surface area contributed by atoms with Gasteiger partial charge in [0.2, 0.25) is 11.8 Å². The van der Waals surface area contributed by atoms with Crippen LogP contribution >= 0.6 is 0 Å². The predicted octanol–water partition coefficient (Wildman–Crippen LogP) is 3.69. The second kappa shape index (κ2) is 12.0. The molecule has 0 aliphatic carbocycles. The molecule has 2 aromatic rings. The van der Waals surface area contributed by atoms with Crippen LogP contribution in [0.3, 0.4) is 0 Å². The van der Waals surface area contributed by atoms with Gasteiger partial charge in [0.15, 0.2) is 5.78 Å². The van der Waals surface area contributed by atoms with Gasteiger partial charge in [-0.1, -0.05) is 52.8 Å². The Kier molecular flexibility index (Phi) is 10.1. The van der Waals surface area contributed by atoms with Gasteiger partial charge in [-0.15, -0.1) is 0 Å². The van der Waals surface area contributed by atoms with Crippen molar-refractivity contribution in [2.24, 2.45) is 17.8 Å². The number of fused-ring (bicyclic) bond motifs is 1. The minimum atomic E-state index is -0.622. The largest absolute Gasteiger partial charge is 0.360 e. The molecule has 1 heterocycles. The number of aromatic nitrogens is 1. The van der Waals surface area contributed by atoms with Gasteiger partial charge in [-0.2, -0.15) is 0 Å². The number of ketones is 1. The molecule has 0 bridgehead atoms. The van der Waals surface area contributed by atoms with Crippen LogP contribution in [0.15, 0.2) is 30.5 Å². The lowest BCUT2D eigenvalue weighted by molar-refractivity contribution is -0.135. The number of para-hydroxylation sites is 1. The number of carbonyl (C=O) groups excluding carboxylic acids is 3. The number of rotatable bonds is 8. The fraction of sp³-hybridized carbons (Fsp3) is 0.500. The average molecular weight is 404 g/mol. The summed E-state index contributed by atoms with van der Waals surface area (Å²) in [4.78, 5) is 39.1. The SMILES string of the molecule is CC(C)C.CC(C)CC(CC(=O)NO)C(=O)NCC(=O)c1c[nH]c2ccccc12. The smallest absolute Gasteiger partial charge is 0.244 e. The Hall–Kier alpha value is -2.67. The van der Waals surface area contributed by atoms with E-state index in [0.717, 1.165) is 16.8 Å². The van der Waals surface area contributed by atoms with Crippen LogP contribution < -0.4 is 10.8 Å². The second-order valence-corrected chi connectivity index (χ2v) is 8.19. The van der Waals surface area contributed by atoms with Crippen LogP contribution in [0.1, 0.15) is 57.8 Å². The third-order valence-electron chi connectivity index (χ3n) is 4.00. The minimum Gasteiger partial charge on any atom is -0.360 e. The fourth-order valence-electron chi connectivity index (χ4n) is 2.83. The molecule has 4 N–H and O–H groups in total. The first-order chi connectivity index (χ1) is 13.6. The topological polar surface area (TPSA) is 111 Å². The molecule has 0 spiro atoms. The number of H-pyrrole nitrogens is 1. The third-order valence-corrected chi connectivity index (χ3v) is 4.00. The summed E-state index contributed by atoms with van der Waals surface area (Å²) in [6, 6.07) is 7.43. The average Bonchev–Trinajstić information content (AvgIpc) is 3.08. The molecule has 2 rings (SSSR count).